The highest BCUT2D eigenvalue weighted by atomic mass is 19.4. The van der Waals surface area contributed by atoms with Gasteiger partial charge in [-0.2, -0.15) is 13.2 Å². The quantitative estimate of drug-likeness (QED) is 0.204. The molecule has 5 atom stereocenters. The largest absolute Gasteiger partial charge is 0.401 e. The SMILES string of the molecule is CN=C(NCCCN1C(=O)C2C3C=CC(C3)C2C1=O)NCC1CCN(CC(F)(F)F)C1. The maximum absolute atomic E-state index is 12.7. The van der Waals surface area contributed by atoms with Crippen LogP contribution in [0.1, 0.15) is 19.3 Å². The van der Waals surface area contributed by atoms with Crippen molar-refractivity contribution in [2.45, 2.75) is 25.4 Å². The maximum Gasteiger partial charge on any atom is 0.401 e. The van der Waals surface area contributed by atoms with Crippen LogP contribution in [0.3, 0.4) is 0 Å². The van der Waals surface area contributed by atoms with Crippen LogP contribution < -0.4 is 10.6 Å². The molecule has 2 amide bonds. The topological polar surface area (TPSA) is 77.0 Å². The van der Waals surface area contributed by atoms with Crippen molar-refractivity contribution in [2.24, 2.45) is 34.6 Å². The normalized spacial score (nSPS) is 33.0. The molecule has 0 radical (unpaired) electrons. The Labute approximate surface area is 180 Å². The van der Waals surface area contributed by atoms with E-state index in [-0.39, 0.29) is 41.4 Å². The van der Waals surface area contributed by atoms with Gasteiger partial charge >= 0.3 is 6.18 Å². The lowest BCUT2D eigenvalue weighted by Gasteiger charge is -2.19. The van der Waals surface area contributed by atoms with Crippen LogP contribution in [0, 0.1) is 29.6 Å². The van der Waals surface area contributed by atoms with E-state index in [1.165, 1.54) is 9.80 Å². The van der Waals surface area contributed by atoms with E-state index in [4.69, 9.17) is 0 Å². The van der Waals surface area contributed by atoms with Crippen molar-refractivity contribution in [1.82, 2.24) is 20.4 Å². The molecule has 2 N–H and O–H groups in total. The molecule has 1 saturated carbocycles. The lowest BCUT2D eigenvalue weighted by Crippen LogP contribution is -2.42. The second-order valence-corrected chi connectivity index (χ2v) is 9.07. The van der Waals surface area contributed by atoms with Gasteiger partial charge in [-0.3, -0.25) is 24.4 Å². The average Bonchev–Trinajstić information content (AvgIpc) is 3.47. The fourth-order valence-corrected chi connectivity index (χ4v) is 5.57. The van der Waals surface area contributed by atoms with E-state index < -0.39 is 12.7 Å². The standard InChI is InChI=1S/C21H30F3N5O2/c1-25-20(27-10-13-5-8-28(11-13)12-21(22,23)24)26-6-2-7-29-18(30)16-14-3-4-15(9-14)17(16)19(29)31/h3-4,13-17H,2,5-12H2,1H3,(H2,25,26,27). The van der Waals surface area contributed by atoms with Crippen LogP contribution in [0.25, 0.3) is 0 Å². The molecule has 0 aromatic heterocycles. The third kappa shape index (κ3) is 4.73. The second kappa shape index (κ2) is 8.80. The van der Waals surface area contributed by atoms with Crippen LogP contribution in [-0.4, -0.2) is 80.1 Å². The van der Waals surface area contributed by atoms with E-state index in [9.17, 15) is 22.8 Å². The monoisotopic (exact) mass is 441 g/mol. The molecule has 4 rings (SSSR count). The highest BCUT2D eigenvalue weighted by Crippen LogP contribution is 2.52. The van der Waals surface area contributed by atoms with E-state index in [2.05, 4.69) is 27.8 Å². The van der Waals surface area contributed by atoms with E-state index in [1.54, 1.807) is 7.05 Å². The summed E-state index contributed by atoms with van der Waals surface area (Å²) in [7, 11) is 1.64. The van der Waals surface area contributed by atoms with Gasteiger partial charge in [-0.25, -0.2) is 0 Å². The summed E-state index contributed by atoms with van der Waals surface area (Å²) in [6.45, 7) is 1.50. The number of rotatable bonds is 7. The molecule has 2 heterocycles. The van der Waals surface area contributed by atoms with E-state index >= 15 is 0 Å². The summed E-state index contributed by atoms with van der Waals surface area (Å²) in [5.41, 5.74) is 0. The molecule has 7 nitrogen and oxygen atoms in total. The van der Waals surface area contributed by atoms with Crippen LogP contribution in [0.5, 0.6) is 0 Å². The fourth-order valence-electron chi connectivity index (χ4n) is 5.57. The Morgan fingerprint density at radius 2 is 1.84 bits per heavy atom. The predicted octanol–water partition coefficient (Wildman–Crippen LogP) is 1.23. The maximum atomic E-state index is 12.7. The molecular formula is C21H30F3N5O2. The fraction of sp³-hybridized carbons (Fsp3) is 0.762. The van der Waals surface area contributed by atoms with Crippen LogP contribution in [-0.2, 0) is 9.59 Å². The first-order valence-electron chi connectivity index (χ1n) is 11.0. The minimum absolute atomic E-state index is 0.0287. The number of amides is 2. The van der Waals surface area contributed by atoms with Gasteiger partial charge < -0.3 is 10.6 Å². The van der Waals surface area contributed by atoms with Crippen molar-refractivity contribution in [3.05, 3.63) is 12.2 Å². The minimum Gasteiger partial charge on any atom is -0.356 e. The van der Waals surface area contributed by atoms with Gasteiger partial charge in [0.15, 0.2) is 5.96 Å². The number of nitrogens with zero attached hydrogens (tertiary/aromatic N) is 3. The Bertz CT molecular complexity index is 739. The number of carbonyl (C=O) groups excluding carboxylic acids is 2. The molecular weight excluding hydrogens is 411 g/mol. The van der Waals surface area contributed by atoms with Gasteiger partial charge in [0.05, 0.1) is 18.4 Å². The first-order valence-corrected chi connectivity index (χ1v) is 11.0. The van der Waals surface area contributed by atoms with Crippen molar-refractivity contribution >= 4 is 17.8 Å². The summed E-state index contributed by atoms with van der Waals surface area (Å²) in [5.74, 6) is 0.788. The Hall–Kier alpha value is -2.10. The molecule has 2 aliphatic heterocycles. The molecule has 31 heavy (non-hydrogen) atoms. The highest BCUT2D eigenvalue weighted by molar-refractivity contribution is 6.06. The van der Waals surface area contributed by atoms with Gasteiger partial charge in [-0.1, -0.05) is 12.2 Å². The number of alkyl halides is 3. The molecule has 4 aliphatic rings. The Balaban J connectivity index is 1.15. The number of carbonyl (C=O) groups is 2. The molecule has 2 aliphatic carbocycles. The zero-order valence-electron chi connectivity index (χ0n) is 17.7. The van der Waals surface area contributed by atoms with E-state index in [0.717, 1.165) is 12.8 Å². The van der Waals surface area contributed by atoms with Gasteiger partial charge in [-0.15, -0.1) is 0 Å². The number of hydrogen-bond acceptors (Lipinski definition) is 4. The summed E-state index contributed by atoms with van der Waals surface area (Å²) < 4.78 is 37.5. The van der Waals surface area contributed by atoms with E-state index in [1.807, 2.05) is 0 Å². The van der Waals surface area contributed by atoms with Crippen molar-refractivity contribution in [3.63, 3.8) is 0 Å². The van der Waals surface area contributed by atoms with Crippen LogP contribution in [0.2, 0.25) is 0 Å². The number of guanidine groups is 1. The average molecular weight is 441 g/mol. The summed E-state index contributed by atoms with van der Waals surface area (Å²) in [4.78, 5) is 32.4. The Kier molecular flexibility index (Phi) is 6.27. The number of aliphatic imine (C=N–C) groups is 1. The number of nitrogens with one attached hydrogen (secondary N) is 2. The summed E-state index contributed by atoms with van der Waals surface area (Å²) in [6.07, 6.45) is 2.28. The number of halogens is 3. The lowest BCUT2D eigenvalue weighted by atomic mass is 9.85. The molecule has 2 bridgehead atoms. The van der Waals surface area contributed by atoms with Crippen LogP contribution >= 0.6 is 0 Å². The Morgan fingerprint density at radius 1 is 1.16 bits per heavy atom. The number of imide groups is 1. The molecule has 10 heteroatoms. The Morgan fingerprint density at radius 3 is 2.45 bits per heavy atom. The third-order valence-electron chi connectivity index (χ3n) is 6.97. The van der Waals surface area contributed by atoms with E-state index in [0.29, 0.717) is 45.1 Å². The van der Waals surface area contributed by atoms with Crippen molar-refractivity contribution in [1.29, 1.82) is 0 Å². The zero-order chi connectivity index (χ0) is 22.2. The first kappa shape index (κ1) is 22.1. The van der Waals surface area contributed by atoms with Gasteiger partial charge in [0.2, 0.25) is 11.8 Å². The van der Waals surface area contributed by atoms with Crippen LogP contribution in [0.4, 0.5) is 13.2 Å². The molecule has 0 spiro atoms. The third-order valence-corrected chi connectivity index (χ3v) is 6.97. The predicted molar refractivity (Wildman–Crippen MR) is 109 cm³/mol. The molecule has 0 aromatic rings. The number of hydrogen-bond donors (Lipinski definition) is 2. The highest BCUT2D eigenvalue weighted by Gasteiger charge is 2.58. The second-order valence-electron chi connectivity index (χ2n) is 9.07. The lowest BCUT2D eigenvalue weighted by molar-refractivity contribution is -0.144. The van der Waals surface area contributed by atoms with Crippen LogP contribution in [0.15, 0.2) is 17.1 Å². The number of allylic oxidation sites excluding steroid dienone is 2. The van der Waals surface area contributed by atoms with Gasteiger partial charge in [0.25, 0.3) is 0 Å². The molecule has 3 fully saturated rings. The zero-order valence-corrected chi connectivity index (χ0v) is 17.7. The molecule has 5 unspecified atom stereocenters. The van der Waals surface area contributed by atoms with Gasteiger partial charge in [0.1, 0.15) is 0 Å². The van der Waals surface area contributed by atoms with Gasteiger partial charge in [-0.05, 0) is 43.6 Å². The number of likely N-dealkylation sites (tertiary alicyclic amines) is 2. The van der Waals surface area contributed by atoms with Crippen molar-refractivity contribution in [2.75, 3.05) is 46.3 Å². The van der Waals surface area contributed by atoms with Crippen molar-refractivity contribution < 1.29 is 22.8 Å². The summed E-state index contributed by atoms with van der Waals surface area (Å²) in [6, 6.07) is 0. The van der Waals surface area contributed by atoms with Gasteiger partial charge in [0, 0.05) is 33.2 Å². The van der Waals surface area contributed by atoms with Crippen molar-refractivity contribution in [3.8, 4) is 0 Å². The first-order chi connectivity index (χ1) is 14.8. The molecule has 0 aromatic carbocycles. The summed E-state index contributed by atoms with van der Waals surface area (Å²) >= 11 is 0. The molecule has 2 saturated heterocycles. The minimum atomic E-state index is -4.16. The molecule has 172 valence electrons. The number of fused-ring (bicyclic) bond motifs is 5. The smallest absolute Gasteiger partial charge is 0.356 e. The summed E-state index contributed by atoms with van der Waals surface area (Å²) in [5, 5.41) is 6.33.